The number of hydrogen-bond donors (Lipinski definition) is 1. The van der Waals surface area contributed by atoms with Crippen molar-refractivity contribution in [2.75, 3.05) is 5.75 Å². The molecule has 0 saturated heterocycles. The number of hydrogen-bond acceptors (Lipinski definition) is 3. The Morgan fingerprint density at radius 3 is 1.61 bits per heavy atom. The maximum Gasteiger partial charge on any atom is 0.223 e. The number of carbonyl (C=O) groups excluding carboxylic acids is 1. The van der Waals surface area contributed by atoms with E-state index in [1.54, 1.807) is 24.3 Å². The Labute approximate surface area is 177 Å². The smallest absolute Gasteiger partial charge is 0.223 e. The molecule has 3 heteroatoms. The van der Waals surface area contributed by atoms with Crippen LogP contribution in [0.2, 0.25) is 0 Å². The first-order valence-electron chi connectivity index (χ1n) is 11.7. The maximum absolute atomic E-state index is 12.0. The van der Waals surface area contributed by atoms with Crippen LogP contribution in [0.1, 0.15) is 120 Å². The third-order valence-corrected chi connectivity index (χ3v) is 6.33. The zero-order valence-electron chi connectivity index (χ0n) is 18.1. The summed E-state index contributed by atoms with van der Waals surface area (Å²) in [5.74, 6) is 0.943. The molecule has 0 spiro atoms. The molecule has 0 unspecified atom stereocenters. The molecule has 0 fully saturated rings. The van der Waals surface area contributed by atoms with Gasteiger partial charge in [0.25, 0.3) is 0 Å². The van der Waals surface area contributed by atoms with Gasteiger partial charge in [-0.2, -0.15) is 0 Å². The Kier molecular flexibility index (Phi) is 16.2. The largest absolute Gasteiger partial charge is 0.507 e. The van der Waals surface area contributed by atoms with Gasteiger partial charge in [0.15, 0.2) is 0 Å². The van der Waals surface area contributed by atoms with Crippen molar-refractivity contribution in [3.05, 3.63) is 29.8 Å². The predicted molar refractivity (Wildman–Crippen MR) is 124 cm³/mol. The average Bonchev–Trinajstić information content (AvgIpc) is 2.70. The van der Waals surface area contributed by atoms with Gasteiger partial charge in [0.1, 0.15) is 5.75 Å². The Morgan fingerprint density at radius 1 is 0.714 bits per heavy atom. The van der Waals surface area contributed by atoms with E-state index in [1.807, 2.05) is 0 Å². The summed E-state index contributed by atoms with van der Waals surface area (Å²) in [4.78, 5) is 12.0. The van der Waals surface area contributed by atoms with Crippen molar-refractivity contribution in [1.82, 2.24) is 0 Å². The molecule has 0 saturated carbocycles. The van der Waals surface area contributed by atoms with Crippen LogP contribution in [0.5, 0.6) is 5.75 Å². The van der Waals surface area contributed by atoms with E-state index < -0.39 is 0 Å². The van der Waals surface area contributed by atoms with Crippen molar-refractivity contribution >= 4 is 16.9 Å². The molecule has 0 aliphatic heterocycles. The van der Waals surface area contributed by atoms with Gasteiger partial charge in [-0.05, 0) is 18.6 Å². The van der Waals surface area contributed by atoms with Gasteiger partial charge in [-0.15, -0.1) is 0 Å². The van der Waals surface area contributed by atoms with Gasteiger partial charge in [0.2, 0.25) is 5.12 Å². The molecule has 0 aliphatic carbocycles. The molecule has 1 aromatic carbocycles. The molecule has 0 atom stereocenters. The number of thioether (sulfide) groups is 1. The molecule has 0 bridgehead atoms. The van der Waals surface area contributed by atoms with Gasteiger partial charge < -0.3 is 5.11 Å². The van der Waals surface area contributed by atoms with E-state index in [9.17, 15) is 9.90 Å². The lowest BCUT2D eigenvalue weighted by Crippen LogP contribution is -1.95. The fourth-order valence-corrected chi connectivity index (χ4v) is 4.40. The number of carbonyl (C=O) groups is 1. The molecule has 1 rings (SSSR count). The second-order valence-corrected chi connectivity index (χ2v) is 9.02. The molecule has 1 N–H and O–H groups in total. The Bertz CT molecular complexity index is 501. The molecular weight excluding hydrogens is 364 g/mol. The fourth-order valence-electron chi connectivity index (χ4n) is 3.54. The Balaban J connectivity index is 1.80. The molecule has 0 heterocycles. The quantitative estimate of drug-likeness (QED) is 0.248. The maximum atomic E-state index is 12.0. The monoisotopic (exact) mass is 406 g/mol. The molecule has 2 nitrogen and oxygen atoms in total. The molecular formula is C25H42O2S. The normalized spacial score (nSPS) is 11.0. The molecule has 0 aromatic heterocycles. The number of para-hydroxylation sites is 1. The van der Waals surface area contributed by atoms with Gasteiger partial charge in [0.05, 0.1) is 5.56 Å². The van der Waals surface area contributed by atoms with Gasteiger partial charge in [-0.3, -0.25) is 4.79 Å². The van der Waals surface area contributed by atoms with Gasteiger partial charge in [-0.25, -0.2) is 0 Å². The minimum absolute atomic E-state index is 0.0148. The summed E-state index contributed by atoms with van der Waals surface area (Å²) in [5.41, 5.74) is 0.434. The minimum atomic E-state index is -0.0148. The van der Waals surface area contributed by atoms with Crippen LogP contribution in [-0.4, -0.2) is 16.0 Å². The highest BCUT2D eigenvalue weighted by molar-refractivity contribution is 8.14. The lowest BCUT2D eigenvalue weighted by molar-refractivity contribution is 0.108. The van der Waals surface area contributed by atoms with E-state index in [2.05, 4.69) is 6.92 Å². The topological polar surface area (TPSA) is 37.3 Å². The standard InChI is InChI=1S/C25H42O2S/c1-2-3-4-5-6-7-8-9-10-11-12-13-14-15-16-19-22-28-25(27)23-20-17-18-21-24(23)26/h17-18,20-21,26H,2-16,19,22H2,1H3. The highest BCUT2D eigenvalue weighted by Gasteiger charge is 2.10. The predicted octanol–water partition coefficient (Wildman–Crippen LogP) is 8.53. The number of unbranched alkanes of at least 4 members (excludes halogenated alkanes) is 15. The van der Waals surface area contributed by atoms with Crippen LogP contribution >= 0.6 is 11.8 Å². The molecule has 1 aromatic rings. The number of phenols is 1. The summed E-state index contributed by atoms with van der Waals surface area (Å²) in [6, 6.07) is 6.80. The van der Waals surface area contributed by atoms with Crippen LogP contribution in [0, 0.1) is 0 Å². The third kappa shape index (κ3) is 13.3. The summed E-state index contributed by atoms with van der Waals surface area (Å²) in [7, 11) is 0. The first-order valence-corrected chi connectivity index (χ1v) is 12.7. The van der Waals surface area contributed by atoms with Crippen LogP contribution in [0.15, 0.2) is 24.3 Å². The zero-order valence-corrected chi connectivity index (χ0v) is 18.9. The zero-order chi connectivity index (χ0) is 20.3. The molecule has 0 amide bonds. The fraction of sp³-hybridized carbons (Fsp3) is 0.720. The average molecular weight is 407 g/mol. The molecule has 0 radical (unpaired) electrons. The third-order valence-electron chi connectivity index (χ3n) is 5.36. The van der Waals surface area contributed by atoms with E-state index in [4.69, 9.17) is 0 Å². The lowest BCUT2D eigenvalue weighted by Gasteiger charge is -2.04. The van der Waals surface area contributed by atoms with E-state index >= 15 is 0 Å². The Hall–Kier alpha value is -0.960. The lowest BCUT2D eigenvalue weighted by atomic mass is 10.0. The first-order chi connectivity index (χ1) is 13.8. The highest BCUT2D eigenvalue weighted by atomic mass is 32.2. The summed E-state index contributed by atoms with van der Waals surface area (Å²) >= 11 is 1.33. The van der Waals surface area contributed by atoms with E-state index in [-0.39, 0.29) is 10.9 Å². The van der Waals surface area contributed by atoms with Gasteiger partial charge in [0, 0.05) is 5.75 Å². The Morgan fingerprint density at radius 2 is 1.14 bits per heavy atom. The molecule has 28 heavy (non-hydrogen) atoms. The van der Waals surface area contributed by atoms with Gasteiger partial charge >= 0.3 is 0 Å². The van der Waals surface area contributed by atoms with E-state index in [1.165, 1.54) is 108 Å². The summed E-state index contributed by atoms with van der Waals surface area (Å²) in [6.45, 7) is 2.28. The number of phenolic OH excluding ortho intramolecular Hbond substituents is 1. The summed E-state index contributed by atoms with van der Waals surface area (Å²) in [5, 5.41) is 9.68. The molecule has 160 valence electrons. The first kappa shape index (κ1) is 25.1. The number of rotatable bonds is 18. The van der Waals surface area contributed by atoms with Crippen molar-refractivity contribution in [3.63, 3.8) is 0 Å². The van der Waals surface area contributed by atoms with Crippen LogP contribution in [0.3, 0.4) is 0 Å². The van der Waals surface area contributed by atoms with Crippen LogP contribution in [0.4, 0.5) is 0 Å². The van der Waals surface area contributed by atoms with Crippen molar-refractivity contribution in [1.29, 1.82) is 0 Å². The van der Waals surface area contributed by atoms with E-state index in [0.717, 1.165) is 12.2 Å². The van der Waals surface area contributed by atoms with Crippen molar-refractivity contribution < 1.29 is 9.90 Å². The van der Waals surface area contributed by atoms with Crippen molar-refractivity contribution in [2.45, 2.75) is 110 Å². The minimum Gasteiger partial charge on any atom is -0.507 e. The SMILES string of the molecule is CCCCCCCCCCCCCCCCCCSC(=O)c1ccccc1O. The van der Waals surface area contributed by atoms with Crippen LogP contribution in [-0.2, 0) is 0 Å². The number of benzene rings is 1. The van der Waals surface area contributed by atoms with Crippen LogP contribution < -0.4 is 0 Å². The van der Waals surface area contributed by atoms with Gasteiger partial charge in [-0.1, -0.05) is 127 Å². The van der Waals surface area contributed by atoms with Crippen LogP contribution in [0.25, 0.3) is 0 Å². The molecule has 0 aliphatic rings. The highest BCUT2D eigenvalue weighted by Crippen LogP contribution is 2.22. The van der Waals surface area contributed by atoms with E-state index in [0.29, 0.717) is 5.56 Å². The number of aromatic hydroxyl groups is 1. The van der Waals surface area contributed by atoms with Crippen molar-refractivity contribution in [3.8, 4) is 5.75 Å². The summed E-state index contributed by atoms with van der Waals surface area (Å²) in [6.07, 6.45) is 21.8. The second-order valence-electron chi connectivity index (χ2n) is 7.96. The second kappa shape index (κ2) is 18.1. The van der Waals surface area contributed by atoms with Crippen molar-refractivity contribution in [2.24, 2.45) is 0 Å². The summed E-state index contributed by atoms with van der Waals surface area (Å²) < 4.78 is 0.